The van der Waals surface area contributed by atoms with E-state index in [0.29, 0.717) is 19.3 Å². The van der Waals surface area contributed by atoms with Gasteiger partial charge in [0.05, 0.1) is 6.61 Å². The Balaban J connectivity index is 1.78. The molecule has 0 aliphatic carbocycles. The summed E-state index contributed by atoms with van der Waals surface area (Å²) in [5.41, 5.74) is 0. The second kappa shape index (κ2) is 8.90. The summed E-state index contributed by atoms with van der Waals surface area (Å²) in [6.45, 7) is 6.58. The molecule has 0 amide bonds. The van der Waals surface area contributed by atoms with Crippen LogP contribution in [-0.4, -0.2) is 50.8 Å². The van der Waals surface area contributed by atoms with Crippen LogP contribution in [0.3, 0.4) is 0 Å². The lowest BCUT2D eigenvalue weighted by molar-refractivity contribution is 0.177. The molecule has 1 N–H and O–H groups in total. The Hall–Kier alpha value is -1.26. The number of nitrogens with zero attached hydrogens (tertiary/aromatic N) is 1. The maximum Gasteiger partial charge on any atom is 0.161 e. The summed E-state index contributed by atoms with van der Waals surface area (Å²) in [6, 6.07) is 8.56. The van der Waals surface area contributed by atoms with Gasteiger partial charge in [0.2, 0.25) is 0 Å². The van der Waals surface area contributed by atoms with Gasteiger partial charge in [-0.15, -0.1) is 0 Å². The van der Waals surface area contributed by atoms with Crippen LogP contribution < -0.4 is 14.8 Å². The van der Waals surface area contributed by atoms with E-state index in [9.17, 15) is 0 Å². The van der Waals surface area contributed by atoms with Crippen LogP contribution in [-0.2, 0) is 0 Å². The fourth-order valence-electron chi connectivity index (χ4n) is 2.77. The molecule has 1 aromatic carbocycles. The number of rotatable bonds is 7. The van der Waals surface area contributed by atoms with Crippen LogP contribution in [0.15, 0.2) is 24.3 Å². The molecular weight excluding hydrogens is 264 g/mol. The molecule has 2 rings (SSSR count). The third kappa shape index (κ3) is 5.21. The molecule has 1 heterocycles. The smallest absolute Gasteiger partial charge is 0.161 e. The van der Waals surface area contributed by atoms with Crippen LogP contribution in [0.4, 0.5) is 0 Å². The highest BCUT2D eigenvalue weighted by Gasteiger charge is 2.16. The molecule has 1 aliphatic rings. The molecule has 0 saturated carbocycles. The summed E-state index contributed by atoms with van der Waals surface area (Å²) in [5.74, 6) is 1.68. The molecule has 1 aromatic rings. The molecular formula is C17H28N2O2. The lowest BCUT2D eigenvalue weighted by atomic mass is 10.1. The second-order valence-electron chi connectivity index (χ2n) is 5.54. The molecule has 1 unspecified atom stereocenters. The third-order valence-corrected chi connectivity index (χ3v) is 4.02. The fourth-order valence-corrected chi connectivity index (χ4v) is 2.77. The van der Waals surface area contributed by atoms with Crippen molar-refractivity contribution in [3.8, 4) is 11.5 Å². The number of hydrogen-bond acceptors (Lipinski definition) is 4. The van der Waals surface area contributed by atoms with Crippen molar-refractivity contribution in [2.75, 3.05) is 39.9 Å². The summed E-state index contributed by atoms with van der Waals surface area (Å²) in [7, 11) is 2.20. The van der Waals surface area contributed by atoms with E-state index in [1.54, 1.807) is 0 Å². The molecule has 0 spiro atoms. The van der Waals surface area contributed by atoms with Crippen LogP contribution in [0.2, 0.25) is 0 Å². The Morgan fingerprint density at radius 3 is 2.67 bits per heavy atom. The van der Waals surface area contributed by atoms with Gasteiger partial charge in [-0.3, -0.25) is 4.90 Å². The minimum absolute atomic E-state index is 0.662. The number of likely N-dealkylation sites (N-methyl/N-ethyl adjacent to an activating group) is 1. The van der Waals surface area contributed by atoms with Gasteiger partial charge in [0, 0.05) is 12.6 Å². The molecule has 4 nitrogen and oxygen atoms in total. The Labute approximate surface area is 128 Å². The van der Waals surface area contributed by atoms with Crippen molar-refractivity contribution in [1.29, 1.82) is 0 Å². The van der Waals surface area contributed by atoms with E-state index < -0.39 is 0 Å². The number of ether oxygens (including phenoxy) is 2. The highest BCUT2D eigenvalue weighted by molar-refractivity contribution is 5.39. The number of hydrogen-bond donors (Lipinski definition) is 1. The Kier molecular flexibility index (Phi) is 6.83. The first-order chi connectivity index (χ1) is 10.3. The Morgan fingerprint density at radius 1 is 1.14 bits per heavy atom. The van der Waals surface area contributed by atoms with Crippen LogP contribution in [0.5, 0.6) is 11.5 Å². The van der Waals surface area contributed by atoms with Gasteiger partial charge < -0.3 is 14.8 Å². The van der Waals surface area contributed by atoms with Crippen molar-refractivity contribution < 1.29 is 9.47 Å². The Morgan fingerprint density at radius 2 is 1.90 bits per heavy atom. The van der Waals surface area contributed by atoms with E-state index >= 15 is 0 Å². The van der Waals surface area contributed by atoms with Gasteiger partial charge in [-0.05, 0) is 58.5 Å². The molecule has 1 atom stereocenters. The fraction of sp³-hybridized carbons (Fsp3) is 0.647. The van der Waals surface area contributed by atoms with E-state index in [0.717, 1.165) is 31.1 Å². The average Bonchev–Trinajstić information content (AvgIpc) is 2.78. The molecule has 4 heteroatoms. The van der Waals surface area contributed by atoms with E-state index in [4.69, 9.17) is 9.47 Å². The Bertz CT molecular complexity index is 404. The summed E-state index contributed by atoms with van der Waals surface area (Å²) < 4.78 is 11.5. The third-order valence-electron chi connectivity index (χ3n) is 4.02. The largest absolute Gasteiger partial charge is 0.490 e. The zero-order chi connectivity index (χ0) is 14.9. The van der Waals surface area contributed by atoms with Crippen molar-refractivity contribution in [3.05, 3.63) is 24.3 Å². The molecule has 0 radical (unpaired) electrons. The molecule has 118 valence electrons. The van der Waals surface area contributed by atoms with Crippen molar-refractivity contribution in [2.45, 2.75) is 32.2 Å². The lowest BCUT2D eigenvalue weighted by Crippen LogP contribution is -2.35. The average molecular weight is 292 g/mol. The highest BCUT2D eigenvalue weighted by atomic mass is 16.5. The van der Waals surface area contributed by atoms with Crippen molar-refractivity contribution in [1.82, 2.24) is 10.2 Å². The first-order valence-corrected chi connectivity index (χ1v) is 8.07. The minimum atomic E-state index is 0.662. The first-order valence-electron chi connectivity index (χ1n) is 8.07. The van der Waals surface area contributed by atoms with Crippen molar-refractivity contribution in [2.24, 2.45) is 0 Å². The topological polar surface area (TPSA) is 33.7 Å². The van der Waals surface area contributed by atoms with Gasteiger partial charge in [0.15, 0.2) is 11.5 Å². The second-order valence-corrected chi connectivity index (χ2v) is 5.54. The molecule has 0 bridgehead atoms. The van der Waals surface area contributed by atoms with E-state index in [1.165, 1.54) is 19.3 Å². The van der Waals surface area contributed by atoms with E-state index in [1.807, 2.05) is 31.2 Å². The predicted octanol–water partition coefficient (Wildman–Crippen LogP) is 2.54. The van der Waals surface area contributed by atoms with Gasteiger partial charge >= 0.3 is 0 Å². The van der Waals surface area contributed by atoms with Crippen LogP contribution >= 0.6 is 0 Å². The standard InChI is InChI=1S/C17H28N2O2/c1-3-20-16-8-4-5-9-17(16)21-14-13-19(2)15-7-6-11-18-12-10-15/h4-5,8-9,15,18H,3,6-7,10-14H2,1-2H3. The predicted molar refractivity (Wildman–Crippen MR) is 86.2 cm³/mol. The van der Waals surface area contributed by atoms with Gasteiger partial charge in [-0.25, -0.2) is 0 Å². The maximum atomic E-state index is 5.90. The first kappa shape index (κ1) is 16.1. The molecule has 21 heavy (non-hydrogen) atoms. The van der Waals surface area contributed by atoms with E-state index in [-0.39, 0.29) is 0 Å². The summed E-state index contributed by atoms with van der Waals surface area (Å²) in [4.78, 5) is 2.43. The highest BCUT2D eigenvalue weighted by Crippen LogP contribution is 2.26. The SMILES string of the molecule is CCOc1ccccc1OCCN(C)C1CCCNCC1. The van der Waals surface area contributed by atoms with Gasteiger partial charge in [-0.1, -0.05) is 12.1 Å². The summed E-state index contributed by atoms with van der Waals surface area (Å²) in [6.07, 6.45) is 3.77. The normalized spacial score (nSPS) is 19.3. The maximum absolute atomic E-state index is 5.90. The van der Waals surface area contributed by atoms with E-state index in [2.05, 4.69) is 17.3 Å². The van der Waals surface area contributed by atoms with Gasteiger partial charge in [-0.2, -0.15) is 0 Å². The number of nitrogens with one attached hydrogen (secondary N) is 1. The quantitative estimate of drug-likeness (QED) is 0.837. The number of benzene rings is 1. The summed E-state index contributed by atoms with van der Waals surface area (Å²) in [5, 5.41) is 3.46. The monoisotopic (exact) mass is 292 g/mol. The van der Waals surface area contributed by atoms with Crippen LogP contribution in [0.25, 0.3) is 0 Å². The van der Waals surface area contributed by atoms with Crippen LogP contribution in [0, 0.1) is 0 Å². The minimum Gasteiger partial charge on any atom is -0.490 e. The zero-order valence-corrected chi connectivity index (χ0v) is 13.3. The van der Waals surface area contributed by atoms with Gasteiger partial charge in [0.1, 0.15) is 6.61 Å². The molecule has 1 aliphatic heterocycles. The molecule has 1 fully saturated rings. The lowest BCUT2D eigenvalue weighted by Gasteiger charge is -2.26. The van der Waals surface area contributed by atoms with Crippen LogP contribution in [0.1, 0.15) is 26.2 Å². The zero-order valence-electron chi connectivity index (χ0n) is 13.3. The molecule has 0 aromatic heterocycles. The molecule has 1 saturated heterocycles. The number of para-hydroxylation sites is 2. The van der Waals surface area contributed by atoms with Gasteiger partial charge in [0.25, 0.3) is 0 Å². The summed E-state index contributed by atoms with van der Waals surface area (Å²) >= 11 is 0. The van der Waals surface area contributed by atoms with Crippen molar-refractivity contribution in [3.63, 3.8) is 0 Å². The van der Waals surface area contributed by atoms with Crippen molar-refractivity contribution >= 4 is 0 Å².